The standard InChI is InChI=1S/C45H16B10N3OS/c46-29-24-25-27-39(55-38-26(24)30(47)33(50)35(52)36(38)53)31(48)28(32(49)41(27)59-40(25)37(54)34(29)51)45-57-43(19-15-13-18(14-16-19)17-7-2-1-3-8-17)56-44(58-45)22-11-6-10-21-20-9-4-5-12-23(20)60-42(21)22/h1-16H. The molecule has 4 nitrogen and oxygen atoms in total. The lowest BCUT2D eigenvalue weighted by atomic mass is 9.50. The van der Waals surface area contributed by atoms with E-state index >= 15 is 0 Å². The van der Waals surface area contributed by atoms with E-state index in [4.69, 9.17) is 90.0 Å². The number of thiophene rings is 1. The molecular weight excluding hydrogens is 739 g/mol. The van der Waals surface area contributed by atoms with Crippen molar-refractivity contribution in [2.24, 2.45) is 0 Å². The maximum Gasteiger partial charge on any atom is 0.191 e. The summed E-state index contributed by atoms with van der Waals surface area (Å²) in [5.74, 6) is 1.04. The quantitative estimate of drug-likeness (QED) is 0.230. The Morgan fingerprint density at radius 1 is 0.417 bits per heavy atom. The summed E-state index contributed by atoms with van der Waals surface area (Å²) >= 11 is 1.67. The molecule has 4 heterocycles. The molecule has 1 aliphatic rings. The van der Waals surface area contributed by atoms with Gasteiger partial charge in [0.1, 0.15) is 81.8 Å². The molecule has 0 saturated carbocycles. The van der Waals surface area contributed by atoms with E-state index in [0.29, 0.717) is 50.0 Å². The van der Waals surface area contributed by atoms with E-state index in [1.54, 1.807) is 18.6 Å². The second-order valence-electron chi connectivity index (χ2n) is 14.9. The van der Waals surface area contributed by atoms with Crippen molar-refractivity contribution < 1.29 is 4.42 Å². The number of aromatic nitrogens is 3. The van der Waals surface area contributed by atoms with Crippen LogP contribution in [0.3, 0.4) is 0 Å². The van der Waals surface area contributed by atoms with Gasteiger partial charge >= 0.3 is 0 Å². The average molecular weight is 755 g/mol. The number of nitrogens with zero attached hydrogens (tertiary/aromatic N) is 3. The van der Waals surface area contributed by atoms with Crippen molar-refractivity contribution >= 4 is 191 Å². The van der Waals surface area contributed by atoms with Gasteiger partial charge in [0.15, 0.2) is 24.8 Å². The topological polar surface area (TPSA) is 51.8 Å². The van der Waals surface area contributed by atoms with E-state index in [0.717, 1.165) is 42.4 Å². The Kier molecular flexibility index (Phi) is 8.45. The summed E-state index contributed by atoms with van der Waals surface area (Å²) in [6.45, 7) is 0. The highest BCUT2D eigenvalue weighted by atomic mass is 32.1. The van der Waals surface area contributed by atoms with E-state index in [2.05, 4.69) is 30.3 Å². The fourth-order valence-corrected chi connectivity index (χ4v) is 9.75. The number of fused-ring (bicyclic) bond motifs is 5. The number of benzene rings is 7. The molecular formula is C45H16B10N3OS. The monoisotopic (exact) mass is 756 g/mol. The summed E-state index contributed by atoms with van der Waals surface area (Å²) in [7, 11) is 62.5. The van der Waals surface area contributed by atoms with Crippen molar-refractivity contribution in [3.8, 4) is 56.4 Å². The van der Waals surface area contributed by atoms with E-state index < -0.39 is 0 Å². The van der Waals surface area contributed by atoms with Crippen LogP contribution in [-0.4, -0.2) is 92.8 Å². The third-order valence-electron chi connectivity index (χ3n) is 11.6. The summed E-state index contributed by atoms with van der Waals surface area (Å²) < 4.78 is 8.75. The number of hydrogen-bond donors (Lipinski definition) is 0. The molecule has 0 aliphatic carbocycles. The minimum atomic E-state index is 0.0894. The highest BCUT2D eigenvalue weighted by Crippen LogP contribution is 2.40. The lowest BCUT2D eigenvalue weighted by Crippen LogP contribution is -2.59. The number of rotatable bonds is 4. The molecule has 0 saturated heterocycles. The molecule has 19 radical (unpaired) electrons. The second-order valence-corrected chi connectivity index (χ2v) is 15.9. The van der Waals surface area contributed by atoms with Crippen LogP contribution in [-0.2, 0) is 0 Å². The van der Waals surface area contributed by atoms with Gasteiger partial charge in [-0.3, -0.25) is 0 Å². The van der Waals surface area contributed by atoms with Crippen LogP contribution < -0.4 is 60.1 Å². The third-order valence-corrected chi connectivity index (χ3v) is 12.8. The Labute approximate surface area is 362 Å². The van der Waals surface area contributed by atoms with Crippen LogP contribution in [0.4, 0.5) is 0 Å². The molecule has 15 heteroatoms. The average Bonchev–Trinajstić information content (AvgIpc) is 3.81. The highest BCUT2D eigenvalue weighted by Gasteiger charge is 2.32. The van der Waals surface area contributed by atoms with Crippen LogP contribution in [0, 0.1) is 0 Å². The van der Waals surface area contributed by atoms with Gasteiger partial charge in [0.2, 0.25) is 0 Å². The van der Waals surface area contributed by atoms with Crippen LogP contribution in [0.5, 0.6) is 0 Å². The van der Waals surface area contributed by atoms with Crippen LogP contribution in [0.1, 0.15) is 0 Å². The normalized spacial score (nSPS) is 12.1. The molecule has 0 N–H and O–H groups in total. The van der Waals surface area contributed by atoms with Gasteiger partial charge in [-0.25, -0.2) is 15.0 Å². The zero-order valence-electron chi connectivity index (χ0n) is 31.7. The zero-order chi connectivity index (χ0) is 41.3. The van der Waals surface area contributed by atoms with Gasteiger partial charge in [-0.05, 0) is 39.8 Å². The Morgan fingerprint density at radius 3 is 1.80 bits per heavy atom. The van der Waals surface area contributed by atoms with Crippen molar-refractivity contribution in [1.82, 2.24) is 15.0 Å². The van der Waals surface area contributed by atoms with Gasteiger partial charge < -0.3 is 4.42 Å². The molecule has 0 spiro atoms. The first-order valence-electron chi connectivity index (χ1n) is 18.9. The SMILES string of the molecule is [B]c1c([B])c([B])c2c(c1[B])[B]c1c([B])c(-c3nc(-c4ccc(-c5ccccc5)cc4)nc(-c4cccc5c4sc4ccccc45)n3)c([B])c3oc4c([B])c([B])c([B])c-2c4c13. The Bertz CT molecular complexity index is 3520. The first kappa shape index (κ1) is 37.2. The van der Waals surface area contributed by atoms with Gasteiger partial charge in [0.05, 0.1) is 0 Å². The van der Waals surface area contributed by atoms with E-state index in [-0.39, 0.29) is 66.2 Å². The minimum absolute atomic E-state index is 0.0894. The second kappa shape index (κ2) is 13.6. The Balaban J connectivity index is 1.22. The third kappa shape index (κ3) is 5.27. The van der Waals surface area contributed by atoms with Gasteiger partial charge in [-0.15, -0.1) is 33.2 Å². The summed E-state index contributed by atoms with van der Waals surface area (Å²) in [6, 6.07) is 32.6. The van der Waals surface area contributed by atoms with Crippen molar-refractivity contribution in [1.29, 1.82) is 0 Å². The molecule has 0 atom stereocenters. The number of furan rings is 1. The van der Waals surface area contributed by atoms with Crippen LogP contribution in [0.2, 0.25) is 0 Å². The molecule has 0 unspecified atom stereocenters. The maximum atomic E-state index is 7.30. The van der Waals surface area contributed by atoms with Crippen LogP contribution in [0.25, 0.3) is 98.5 Å². The molecule has 0 amide bonds. The molecule has 3 aromatic heterocycles. The summed E-state index contributed by atoms with van der Waals surface area (Å²) in [5.41, 5.74) is 7.52. The maximum absolute atomic E-state index is 7.30. The first-order chi connectivity index (χ1) is 29.0. The van der Waals surface area contributed by atoms with Crippen molar-refractivity contribution in [2.45, 2.75) is 0 Å². The van der Waals surface area contributed by atoms with Crippen molar-refractivity contribution in [2.75, 3.05) is 0 Å². The fraction of sp³-hybridized carbons (Fsp3) is 0. The summed E-state index contributed by atoms with van der Waals surface area (Å²) in [4.78, 5) is 15.4. The molecule has 0 bridgehead atoms. The smallest absolute Gasteiger partial charge is 0.191 e. The first-order valence-corrected chi connectivity index (χ1v) is 19.7. The van der Waals surface area contributed by atoms with Crippen molar-refractivity contribution in [3.05, 3.63) is 97.1 Å². The number of hydrogen-bond acceptors (Lipinski definition) is 5. The van der Waals surface area contributed by atoms with Gasteiger partial charge in [-0.1, -0.05) is 118 Å². The van der Waals surface area contributed by atoms with Gasteiger partial charge in [0, 0.05) is 47.6 Å². The Hall–Kier alpha value is -5.78. The largest absolute Gasteiger partial charge is 0.457 e. The van der Waals surface area contributed by atoms with E-state index in [1.807, 2.05) is 66.7 Å². The minimum Gasteiger partial charge on any atom is -0.457 e. The van der Waals surface area contributed by atoms with Crippen molar-refractivity contribution in [3.63, 3.8) is 0 Å². The van der Waals surface area contributed by atoms with Gasteiger partial charge in [-0.2, -0.15) is 0 Å². The van der Waals surface area contributed by atoms with Gasteiger partial charge in [0.25, 0.3) is 0 Å². The highest BCUT2D eigenvalue weighted by molar-refractivity contribution is 7.26. The van der Waals surface area contributed by atoms with Crippen LogP contribution in [0.15, 0.2) is 101 Å². The molecule has 0 fully saturated rings. The molecule has 7 aromatic carbocycles. The van der Waals surface area contributed by atoms with Crippen LogP contribution >= 0.6 is 11.3 Å². The molecule has 60 heavy (non-hydrogen) atoms. The molecule has 11 rings (SSSR count). The molecule has 10 aromatic rings. The fourth-order valence-electron chi connectivity index (χ4n) is 8.54. The Morgan fingerprint density at radius 2 is 1.02 bits per heavy atom. The van der Waals surface area contributed by atoms with E-state index in [9.17, 15) is 0 Å². The lowest BCUT2D eigenvalue weighted by molar-refractivity contribution is 0.674. The predicted molar refractivity (Wildman–Crippen MR) is 261 cm³/mol. The lowest BCUT2D eigenvalue weighted by Gasteiger charge is -2.25. The zero-order valence-corrected chi connectivity index (χ0v) is 32.5. The molecule has 253 valence electrons. The summed E-state index contributed by atoms with van der Waals surface area (Å²) in [5, 5.41) is 3.24. The summed E-state index contributed by atoms with van der Waals surface area (Å²) in [6.07, 6.45) is 0. The predicted octanol–water partition coefficient (Wildman–Crippen LogP) is -0.413. The molecule has 1 aliphatic heterocycles. The van der Waals surface area contributed by atoms with E-state index in [1.165, 1.54) is 0 Å².